The van der Waals surface area contributed by atoms with Crippen molar-refractivity contribution in [3.8, 4) is 0 Å². The third kappa shape index (κ3) is 3.27. The average molecular weight is 309 g/mol. The highest BCUT2D eigenvalue weighted by molar-refractivity contribution is 5.49. The molecule has 2 aliphatic rings. The van der Waals surface area contributed by atoms with Crippen LogP contribution in [0.2, 0.25) is 0 Å². The van der Waals surface area contributed by atoms with Crippen LogP contribution in [0.3, 0.4) is 0 Å². The summed E-state index contributed by atoms with van der Waals surface area (Å²) in [7, 11) is 0. The van der Waals surface area contributed by atoms with Crippen molar-refractivity contribution in [1.29, 1.82) is 0 Å². The number of hydrogen-bond acceptors (Lipinski definition) is 2. The molecule has 2 heteroatoms. The van der Waals surface area contributed by atoms with Gasteiger partial charge in [0.15, 0.2) is 0 Å². The Morgan fingerprint density at radius 1 is 1.18 bits per heavy atom. The summed E-state index contributed by atoms with van der Waals surface area (Å²) in [5.41, 5.74) is 0.111. The Morgan fingerprint density at radius 3 is 2.50 bits per heavy atom. The molecule has 0 amide bonds. The van der Waals surface area contributed by atoms with E-state index < -0.39 is 5.60 Å². The number of aldehydes is 1. The first-order valence-corrected chi connectivity index (χ1v) is 9.29. The van der Waals surface area contributed by atoms with Crippen LogP contribution in [0.25, 0.3) is 0 Å². The lowest BCUT2D eigenvalue weighted by Gasteiger charge is -2.61. The standard InChI is InChI=1S/C20H36O2/c1-15(10-14-21)7-8-17-19(4)12-6-11-18(2,3)16(19)9-13-20(17,5)22/h14-17,22H,6-13H2,1-5H3/t15?,16-,17?,19-,20+/m0/s1. The van der Waals surface area contributed by atoms with E-state index in [2.05, 4.69) is 34.6 Å². The fourth-order valence-electron chi connectivity index (χ4n) is 6.00. The van der Waals surface area contributed by atoms with E-state index in [-0.39, 0.29) is 5.41 Å². The molecular formula is C20H36O2. The van der Waals surface area contributed by atoms with Gasteiger partial charge in [0.1, 0.15) is 6.29 Å². The first-order chi connectivity index (χ1) is 10.1. The Balaban J connectivity index is 2.20. The average Bonchev–Trinajstić information content (AvgIpc) is 2.36. The van der Waals surface area contributed by atoms with Crippen molar-refractivity contribution < 1.29 is 9.90 Å². The molecule has 0 aromatic carbocycles. The molecule has 0 aliphatic heterocycles. The summed E-state index contributed by atoms with van der Waals surface area (Å²) in [5, 5.41) is 11.1. The second-order valence-electron chi connectivity index (χ2n) is 9.43. The highest BCUT2D eigenvalue weighted by atomic mass is 16.3. The second-order valence-corrected chi connectivity index (χ2v) is 9.43. The molecule has 2 unspecified atom stereocenters. The minimum absolute atomic E-state index is 0.254. The van der Waals surface area contributed by atoms with E-state index in [1.54, 1.807) is 0 Å². The number of rotatable bonds is 5. The molecule has 0 radical (unpaired) electrons. The highest BCUT2D eigenvalue weighted by Gasteiger charge is 2.57. The predicted molar refractivity (Wildman–Crippen MR) is 91.7 cm³/mol. The molecule has 1 N–H and O–H groups in total. The maximum atomic E-state index is 11.1. The minimum atomic E-state index is -0.542. The van der Waals surface area contributed by atoms with Gasteiger partial charge in [-0.05, 0) is 74.0 Å². The van der Waals surface area contributed by atoms with Gasteiger partial charge in [0.05, 0.1) is 5.60 Å². The lowest BCUT2D eigenvalue weighted by molar-refractivity contribution is -0.170. The van der Waals surface area contributed by atoms with Crippen LogP contribution in [0.4, 0.5) is 0 Å². The van der Waals surface area contributed by atoms with E-state index in [9.17, 15) is 9.90 Å². The Kier molecular flexibility index (Phi) is 5.12. The van der Waals surface area contributed by atoms with Crippen LogP contribution in [0.15, 0.2) is 0 Å². The molecule has 0 spiro atoms. The Labute approximate surface area is 137 Å². The molecule has 0 saturated heterocycles. The summed E-state index contributed by atoms with van der Waals surface area (Å²) in [6.45, 7) is 11.5. The van der Waals surface area contributed by atoms with Gasteiger partial charge in [-0.3, -0.25) is 0 Å². The minimum Gasteiger partial charge on any atom is -0.390 e. The molecule has 2 nitrogen and oxygen atoms in total. The molecule has 0 aromatic heterocycles. The first kappa shape index (κ1) is 18.0. The van der Waals surface area contributed by atoms with Crippen LogP contribution >= 0.6 is 0 Å². The van der Waals surface area contributed by atoms with Crippen molar-refractivity contribution in [3.05, 3.63) is 0 Å². The largest absolute Gasteiger partial charge is 0.390 e. The fraction of sp³-hybridized carbons (Fsp3) is 0.950. The van der Waals surface area contributed by atoms with Crippen molar-refractivity contribution in [2.75, 3.05) is 0 Å². The van der Waals surface area contributed by atoms with Gasteiger partial charge in [-0.1, -0.05) is 34.1 Å². The van der Waals surface area contributed by atoms with Crippen LogP contribution in [-0.2, 0) is 4.79 Å². The van der Waals surface area contributed by atoms with Gasteiger partial charge < -0.3 is 9.90 Å². The molecule has 0 bridgehead atoms. The highest BCUT2D eigenvalue weighted by Crippen LogP contribution is 2.62. The molecule has 0 heterocycles. The van der Waals surface area contributed by atoms with Gasteiger partial charge in [-0.15, -0.1) is 0 Å². The lowest BCUT2D eigenvalue weighted by Crippen LogP contribution is -2.57. The summed E-state index contributed by atoms with van der Waals surface area (Å²) >= 11 is 0. The molecular weight excluding hydrogens is 272 g/mol. The number of fused-ring (bicyclic) bond motifs is 1. The van der Waals surface area contributed by atoms with Gasteiger partial charge in [-0.2, -0.15) is 0 Å². The lowest BCUT2D eigenvalue weighted by atomic mass is 9.45. The maximum absolute atomic E-state index is 11.1. The van der Waals surface area contributed by atoms with Gasteiger partial charge in [0, 0.05) is 6.42 Å². The van der Waals surface area contributed by atoms with Gasteiger partial charge in [0.25, 0.3) is 0 Å². The first-order valence-electron chi connectivity index (χ1n) is 9.29. The number of hydrogen-bond donors (Lipinski definition) is 1. The molecule has 5 atom stereocenters. The zero-order valence-corrected chi connectivity index (χ0v) is 15.3. The van der Waals surface area contributed by atoms with Crippen molar-refractivity contribution in [1.82, 2.24) is 0 Å². The molecule has 2 rings (SSSR count). The summed E-state index contributed by atoms with van der Waals surface area (Å²) in [6, 6.07) is 0. The summed E-state index contributed by atoms with van der Waals surface area (Å²) in [5.74, 6) is 1.53. The smallest absolute Gasteiger partial charge is 0.120 e. The summed E-state index contributed by atoms with van der Waals surface area (Å²) < 4.78 is 0. The predicted octanol–water partition coefficient (Wildman–Crippen LogP) is 4.99. The van der Waals surface area contributed by atoms with E-state index in [4.69, 9.17) is 0 Å². The monoisotopic (exact) mass is 308 g/mol. The van der Waals surface area contributed by atoms with E-state index in [0.717, 1.165) is 37.9 Å². The van der Waals surface area contributed by atoms with E-state index in [0.29, 0.717) is 23.7 Å². The molecule has 2 aliphatic carbocycles. The number of carbonyl (C=O) groups is 1. The number of aliphatic hydroxyl groups is 1. The zero-order chi connectivity index (χ0) is 16.6. The zero-order valence-electron chi connectivity index (χ0n) is 15.3. The number of carbonyl (C=O) groups excluding carboxylic acids is 1. The Hall–Kier alpha value is -0.370. The third-order valence-electron chi connectivity index (χ3n) is 7.21. The van der Waals surface area contributed by atoms with Crippen LogP contribution < -0.4 is 0 Å². The molecule has 128 valence electrons. The van der Waals surface area contributed by atoms with Crippen molar-refractivity contribution in [2.24, 2.45) is 28.6 Å². The van der Waals surface area contributed by atoms with Crippen LogP contribution in [0.1, 0.15) is 86.0 Å². The van der Waals surface area contributed by atoms with Gasteiger partial charge in [-0.25, -0.2) is 0 Å². The maximum Gasteiger partial charge on any atom is 0.120 e. The molecule has 0 aromatic rings. The fourth-order valence-corrected chi connectivity index (χ4v) is 6.00. The van der Waals surface area contributed by atoms with Crippen LogP contribution in [0.5, 0.6) is 0 Å². The second kappa shape index (κ2) is 6.26. The van der Waals surface area contributed by atoms with Crippen molar-refractivity contribution in [3.63, 3.8) is 0 Å². The van der Waals surface area contributed by atoms with Gasteiger partial charge in [0.2, 0.25) is 0 Å². The summed E-state index contributed by atoms with van der Waals surface area (Å²) in [6.07, 6.45) is 9.77. The molecule has 2 fully saturated rings. The summed E-state index contributed by atoms with van der Waals surface area (Å²) in [4.78, 5) is 10.7. The third-order valence-corrected chi connectivity index (χ3v) is 7.21. The Morgan fingerprint density at radius 2 is 1.86 bits per heavy atom. The van der Waals surface area contributed by atoms with E-state index in [1.165, 1.54) is 19.3 Å². The van der Waals surface area contributed by atoms with E-state index in [1.807, 2.05) is 0 Å². The molecule has 2 saturated carbocycles. The SMILES string of the molecule is CC(CC=O)CCC1[C@](C)(O)CC[C@H]2C(C)(C)CCC[C@]12C. The van der Waals surface area contributed by atoms with Crippen molar-refractivity contribution in [2.45, 2.75) is 91.6 Å². The van der Waals surface area contributed by atoms with E-state index >= 15 is 0 Å². The van der Waals surface area contributed by atoms with Crippen LogP contribution in [-0.4, -0.2) is 17.0 Å². The van der Waals surface area contributed by atoms with Gasteiger partial charge >= 0.3 is 0 Å². The molecule has 22 heavy (non-hydrogen) atoms. The van der Waals surface area contributed by atoms with Crippen molar-refractivity contribution >= 4 is 6.29 Å². The quantitative estimate of drug-likeness (QED) is 0.727. The van der Waals surface area contributed by atoms with Crippen LogP contribution in [0, 0.1) is 28.6 Å². The normalized spacial score (nSPS) is 42.5. The Bertz CT molecular complexity index is 399. The topological polar surface area (TPSA) is 37.3 Å².